The van der Waals surface area contributed by atoms with E-state index in [4.69, 9.17) is 9.47 Å². The van der Waals surface area contributed by atoms with E-state index < -0.39 is 47.7 Å². The number of hydrogen-bond acceptors (Lipinski definition) is 6. The van der Waals surface area contributed by atoms with Crippen LogP contribution in [0.3, 0.4) is 0 Å². The smallest absolute Gasteiger partial charge is 0.331 e. The average Bonchev–Trinajstić information content (AvgIpc) is 3.60. The van der Waals surface area contributed by atoms with Crippen molar-refractivity contribution in [2.24, 2.45) is 29.1 Å². The van der Waals surface area contributed by atoms with Crippen molar-refractivity contribution < 1.29 is 29.3 Å². The van der Waals surface area contributed by atoms with Crippen LogP contribution >= 0.6 is 0 Å². The molecule has 1 aliphatic heterocycles. The molecule has 3 aliphatic carbocycles. The number of allylic oxidation sites excluding steroid dienone is 1. The summed E-state index contributed by atoms with van der Waals surface area (Å²) in [5, 5.41) is 21.5. The predicted octanol–water partition coefficient (Wildman–Crippen LogP) is 3.71. The quantitative estimate of drug-likeness (QED) is 0.388. The molecule has 35 heavy (non-hydrogen) atoms. The minimum atomic E-state index is -1.59. The van der Waals surface area contributed by atoms with E-state index in [0.29, 0.717) is 5.92 Å². The molecule has 2 N–H and O–H groups in total. The summed E-state index contributed by atoms with van der Waals surface area (Å²) in [5.74, 6) is -1.45. The van der Waals surface area contributed by atoms with Crippen LogP contribution in [-0.2, 0) is 19.1 Å². The maximum Gasteiger partial charge on any atom is 0.331 e. The van der Waals surface area contributed by atoms with E-state index in [2.05, 4.69) is 13.8 Å². The van der Waals surface area contributed by atoms with Crippen molar-refractivity contribution in [2.45, 2.75) is 70.4 Å². The fourth-order valence-electron chi connectivity index (χ4n) is 6.84. The fraction of sp³-hybridized carbons (Fsp3) is 0.586. The summed E-state index contributed by atoms with van der Waals surface area (Å²) in [6, 6.07) is 9.38. The first-order valence-electron chi connectivity index (χ1n) is 12.7. The highest BCUT2D eigenvalue weighted by Crippen LogP contribution is 2.64. The Balaban J connectivity index is 1.55. The molecule has 0 bridgehead atoms. The normalized spacial score (nSPS) is 43.3. The van der Waals surface area contributed by atoms with Crippen molar-refractivity contribution in [1.82, 2.24) is 0 Å². The third-order valence-corrected chi connectivity index (χ3v) is 9.19. The summed E-state index contributed by atoms with van der Waals surface area (Å²) in [7, 11) is 0. The number of ether oxygens (including phenoxy) is 2. The number of benzene rings is 1. The van der Waals surface area contributed by atoms with Gasteiger partial charge in [-0.3, -0.25) is 4.79 Å². The van der Waals surface area contributed by atoms with Crippen LogP contribution in [0.5, 0.6) is 0 Å². The number of carbonyl (C=O) groups is 2. The Morgan fingerprint density at radius 1 is 1.23 bits per heavy atom. The van der Waals surface area contributed by atoms with Gasteiger partial charge in [-0.15, -0.1) is 0 Å². The zero-order valence-electron chi connectivity index (χ0n) is 20.9. The van der Waals surface area contributed by atoms with Crippen LogP contribution in [0.15, 0.2) is 48.1 Å². The zero-order valence-corrected chi connectivity index (χ0v) is 20.9. The molecule has 6 heteroatoms. The number of rotatable bonds is 4. The molecular formula is C29H36O6. The monoisotopic (exact) mass is 480 g/mol. The molecule has 6 nitrogen and oxygen atoms in total. The van der Waals surface area contributed by atoms with E-state index in [1.165, 1.54) is 6.08 Å². The Kier molecular flexibility index (Phi) is 5.86. The third-order valence-electron chi connectivity index (χ3n) is 9.19. The Hall–Kier alpha value is -2.28. The molecule has 1 aromatic carbocycles. The van der Waals surface area contributed by atoms with E-state index >= 15 is 0 Å². The molecule has 5 rings (SSSR count). The molecule has 8 atom stereocenters. The van der Waals surface area contributed by atoms with Gasteiger partial charge < -0.3 is 19.7 Å². The van der Waals surface area contributed by atoms with Crippen LogP contribution in [0.4, 0.5) is 0 Å². The fourth-order valence-corrected chi connectivity index (χ4v) is 6.84. The van der Waals surface area contributed by atoms with Crippen LogP contribution in [0.1, 0.15) is 52.5 Å². The second-order valence-corrected chi connectivity index (χ2v) is 11.8. The Labute approximate surface area is 207 Å². The highest BCUT2D eigenvalue weighted by atomic mass is 16.6. The van der Waals surface area contributed by atoms with E-state index in [1.54, 1.807) is 6.08 Å². The topological polar surface area (TPSA) is 96.4 Å². The van der Waals surface area contributed by atoms with Crippen LogP contribution < -0.4 is 0 Å². The molecule has 0 radical (unpaired) electrons. The van der Waals surface area contributed by atoms with Crippen molar-refractivity contribution in [3.63, 3.8) is 0 Å². The molecule has 1 saturated heterocycles. The van der Waals surface area contributed by atoms with Crippen LogP contribution in [-0.4, -0.2) is 52.0 Å². The molecule has 0 aromatic heterocycles. The van der Waals surface area contributed by atoms with Crippen molar-refractivity contribution >= 4 is 17.8 Å². The van der Waals surface area contributed by atoms with Gasteiger partial charge >= 0.3 is 5.97 Å². The number of hydrogen-bond donors (Lipinski definition) is 2. The van der Waals surface area contributed by atoms with E-state index in [0.717, 1.165) is 18.4 Å². The van der Waals surface area contributed by atoms with Gasteiger partial charge in [-0.05, 0) is 54.6 Å². The van der Waals surface area contributed by atoms with Gasteiger partial charge in [-0.1, -0.05) is 57.2 Å². The summed E-state index contributed by atoms with van der Waals surface area (Å²) in [6.45, 7) is 7.84. The highest BCUT2D eigenvalue weighted by Gasteiger charge is 2.71. The van der Waals surface area contributed by atoms with E-state index in [-0.39, 0.29) is 29.2 Å². The van der Waals surface area contributed by atoms with Gasteiger partial charge in [0.15, 0.2) is 5.60 Å². The van der Waals surface area contributed by atoms with Crippen LogP contribution in [0, 0.1) is 29.1 Å². The number of esters is 1. The van der Waals surface area contributed by atoms with E-state index in [1.807, 2.05) is 50.3 Å². The number of fused-ring (bicyclic) bond motifs is 4. The lowest BCUT2D eigenvalue weighted by molar-refractivity contribution is -0.168. The van der Waals surface area contributed by atoms with Gasteiger partial charge in [0, 0.05) is 18.1 Å². The molecule has 4 aliphatic rings. The van der Waals surface area contributed by atoms with Crippen LogP contribution in [0.25, 0.3) is 6.08 Å². The van der Waals surface area contributed by atoms with Crippen molar-refractivity contribution in [2.75, 3.05) is 6.61 Å². The summed E-state index contributed by atoms with van der Waals surface area (Å²) < 4.78 is 12.3. The molecular weight excluding hydrogens is 444 g/mol. The minimum Gasteiger partial charge on any atom is -0.447 e. The van der Waals surface area contributed by atoms with Gasteiger partial charge in [-0.25, -0.2) is 4.79 Å². The molecule has 1 aromatic rings. The Bertz CT molecular complexity index is 1070. The maximum atomic E-state index is 14.2. The van der Waals surface area contributed by atoms with Crippen molar-refractivity contribution in [1.29, 1.82) is 0 Å². The molecule has 0 spiro atoms. The summed E-state index contributed by atoms with van der Waals surface area (Å²) in [4.78, 5) is 27.3. The molecule has 0 amide bonds. The minimum absolute atomic E-state index is 0.0325. The zero-order chi connectivity index (χ0) is 25.2. The van der Waals surface area contributed by atoms with E-state index in [9.17, 15) is 19.8 Å². The number of aliphatic hydroxyl groups is 2. The number of carbonyl (C=O) groups excluding carboxylic acids is 2. The molecule has 2 saturated carbocycles. The second kappa shape index (κ2) is 8.39. The molecule has 1 heterocycles. The SMILES string of the molecule is CC1CC2(OC(=O)C=Cc3ccccc3)C(=O)/C(CO)=C/C3C(CCC4(C)OC4C2C1O)C3(C)C. The largest absolute Gasteiger partial charge is 0.447 e. The van der Waals surface area contributed by atoms with Gasteiger partial charge in [0.25, 0.3) is 0 Å². The lowest BCUT2D eigenvalue weighted by Gasteiger charge is -2.34. The van der Waals surface area contributed by atoms with Crippen molar-refractivity contribution in [3.05, 3.63) is 53.6 Å². The average molecular weight is 481 g/mol. The number of aliphatic hydroxyl groups excluding tert-OH is 2. The predicted molar refractivity (Wildman–Crippen MR) is 131 cm³/mol. The lowest BCUT2D eigenvalue weighted by atomic mass is 9.77. The van der Waals surface area contributed by atoms with Gasteiger partial charge in [0.2, 0.25) is 5.78 Å². The lowest BCUT2D eigenvalue weighted by Crippen LogP contribution is -2.52. The second-order valence-electron chi connectivity index (χ2n) is 11.8. The summed E-state index contributed by atoms with van der Waals surface area (Å²) in [6.07, 6.45) is 5.56. The highest BCUT2D eigenvalue weighted by molar-refractivity contribution is 6.04. The van der Waals surface area contributed by atoms with Gasteiger partial charge in [-0.2, -0.15) is 0 Å². The Morgan fingerprint density at radius 3 is 2.63 bits per heavy atom. The standard InChI is InChI=1S/C29H36O6/c1-17-15-29(34-22(31)11-10-18-8-6-5-7-9-18)23(24(17)32)26-28(4,35-26)13-12-20-21(27(20,2)3)14-19(16-30)25(29)33/h5-11,14,17,20-21,23-24,26,30,32H,12-13,15-16H2,1-4H3/b11-10?,19-14+. The number of epoxide rings is 1. The first-order chi connectivity index (χ1) is 16.5. The number of ketones is 1. The molecule has 8 unspecified atom stereocenters. The maximum absolute atomic E-state index is 14.2. The van der Waals surface area contributed by atoms with Gasteiger partial charge in [0.05, 0.1) is 30.3 Å². The Morgan fingerprint density at radius 2 is 1.94 bits per heavy atom. The third kappa shape index (κ3) is 4.00. The summed E-state index contributed by atoms with van der Waals surface area (Å²) >= 11 is 0. The summed E-state index contributed by atoms with van der Waals surface area (Å²) in [5.41, 5.74) is -0.929. The van der Waals surface area contributed by atoms with Gasteiger partial charge in [0.1, 0.15) is 0 Å². The molecule has 188 valence electrons. The molecule has 3 fully saturated rings. The van der Waals surface area contributed by atoms with Crippen molar-refractivity contribution in [3.8, 4) is 0 Å². The first-order valence-corrected chi connectivity index (χ1v) is 12.7. The first kappa shape index (κ1) is 24.4. The number of Topliss-reactive ketones (excluding diaryl/α,β-unsaturated/α-hetero) is 1. The van der Waals surface area contributed by atoms with Crippen LogP contribution in [0.2, 0.25) is 0 Å².